The normalized spacial score (nSPS) is 14.3. The summed E-state index contributed by atoms with van der Waals surface area (Å²) in [4.78, 5) is 0. The molecule has 6 nitrogen and oxygen atoms in total. The predicted molar refractivity (Wildman–Crippen MR) is 84.0 cm³/mol. The number of rotatable bonds is 8. The topological polar surface area (TPSA) is 88.4 Å². The van der Waals surface area contributed by atoms with Crippen molar-refractivity contribution >= 4 is 20.8 Å². The first-order valence-electron chi connectivity index (χ1n) is 6.82. The molecule has 0 fully saturated rings. The Morgan fingerprint density at radius 1 is 1.29 bits per heavy atom. The van der Waals surface area contributed by atoms with Crippen LogP contribution in [0.15, 0.2) is 21.6 Å². The largest absolute Gasteiger partial charge is 0.447 e. The van der Waals surface area contributed by atoms with Gasteiger partial charge in [-0.15, -0.1) is 0 Å². The molecule has 0 bridgehead atoms. The molecule has 0 aromatic carbocycles. The number of furan rings is 1. The van der Waals surface area contributed by atoms with Gasteiger partial charge < -0.3 is 9.73 Å². The van der Waals surface area contributed by atoms with Crippen LogP contribution in [-0.4, -0.2) is 36.2 Å². The van der Waals surface area contributed by atoms with E-state index in [4.69, 9.17) is 4.42 Å². The van der Waals surface area contributed by atoms with Crippen molar-refractivity contribution in [3.05, 3.63) is 17.9 Å². The summed E-state index contributed by atoms with van der Waals surface area (Å²) in [5.74, 6) is 1.38. The molecule has 0 saturated heterocycles. The minimum atomic E-state index is -3.68. The van der Waals surface area contributed by atoms with Crippen LogP contribution in [0.25, 0.3) is 0 Å². The standard InChI is InChI=1S/C13H24N2O4S2/c1-5-20(16)9-8-15-21(17,18)12-7-6-11(19-12)10-14-13(2,3)4/h6-7,14-15H,5,8-10H2,1-4H3. The molecule has 0 aliphatic rings. The fourth-order valence-electron chi connectivity index (χ4n) is 1.46. The quantitative estimate of drug-likeness (QED) is 0.745. The molecule has 1 unspecified atom stereocenters. The van der Waals surface area contributed by atoms with Crippen molar-refractivity contribution in [1.82, 2.24) is 10.0 Å². The lowest BCUT2D eigenvalue weighted by atomic mass is 10.1. The van der Waals surface area contributed by atoms with E-state index in [0.29, 0.717) is 23.8 Å². The Morgan fingerprint density at radius 3 is 2.52 bits per heavy atom. The highest BCUT2D eigenvalue weighted by Crippen LogP contribution is 2.14. The molecule has 0 aliphatic carbocycles. The highest BCUT2D eigenvalue weighted by atomic mass is 32.2. The average molecular weight is 336 g/mol. The molecule has 122 valence electrons. The Labute approximate surface area is 129 Å². The fourth-order valence-corrected chi connectivity index (χ4v) is 3.18. The van der Waals surface area contributed by atoms with Gasteiger partial charge >= 0.3 is 0 Å². The number of nitrogens with one attached hydrogen (secondary N) is 2. The van der Waals surface area contributed by atoms with Crippen molar-refractivity contribution < 1.29 is 17.0 Å². The summed E-state index contributed by atoms with van der Waals surface area (Å²) in [5.41, 5.74) is -0.0751. The smallest absolute Gasteiger partial charge is 0.273 e. The molecule has 1 aromatic heterocycles. The summed E-state index contributed by atoms with van der Waals surface area (Å²) in [6.45, 7) is 8.44. The molecule has 1 heterocycles. The molecular formula is C13H24N2O4S2. The van der Waals surface area contributed by atoms with Crippen LogP contribution in [0.4, 0.5) is 0 Å². The molecule has 8 heteroatoms. The van der Waals surface area contributed by atoms with Gasteiger partial charge in [0.1, 0.15) is 5.76 Å². The van der Waals surface area contributed by atoms with Gasteiger partial charge in [-0.1, -0.05) is 6.92 Å². The van der Waals surface area contributed by atoms with E-state index in [9.17, 15) is 12.6 Å². The van der Waals surface area contributed by atoms with E-state index in [1.807, 2.05) is 20.8 Å². The second kappa shape index (κ2) is 7.53. The maximum atomic E-state index is 12.0. The third-order valence-corrected chi connectivity index (χ3v) is 5.28. The Morgan fingerprint density at radius 2 is 1.95 bits per heavy atom. The number of sulfonamides is 1. The molecule has 1 atom stereocenters. The van der Waals surface area contributed by atoms with E-state index in [-0.39, 0.29) is 17.2 Å². The van der Waals surface area contributed by atoms with Gasteiger partial charge in [0.15, 0.2) is 0 Å². The summed E-state index contributed by atoms with van der Waals surface area (Å²) in [5, 5.41) is 3.10. The van der Waals surface area contributed by atoms with Crippen LogP contribution in [0.3, 0.4) is 0 Å². The highest BCUT2D eigenvalue weighted by molar-refractivity contribution is 7.89. The van der Waals surface area contributed by atoms with Crippen LogP contribution in [0, 0.1) is 0 Å². The van der Waals surface area contributed by atoms with Crippen molar-refractivity contribution in [2.75, 3.05) is 18.1 Å². The third kappa shape index (κ3) is 6.73. The lowest BCUT2D eigenvalue weighted by Gasteiger charge is -2.19. The van der Waals surface area contributed by atoms with Crippen molar-refractivity contribution in [3.8, 4) is 0 Å². The Bertz CT molecular complexity index is 573. The first-order valence-corrected chi connectivity index (χ1v) is 9.79. The monoisotopic (exact) mass is 336 g/mol. The summed E-state index contributed by atoms with van der Waals surface area (Å²) in [7, 11) is -4.67. The molecule has 0 amide bonds. The van der Waals surface area contributed by atoms with Gasteiger partial charge in [-0.05, 0) is 32.9 Å². The van der Waals surface area contributed by atoms with Gasteiger partial charge in [-0.3, -0.25) is 4.21 Å². The Hall–Kier alpha value is -0.700. The van der Waals surface area contributed by atoms with Crippen molar-refractivity contribution in [1.29, 1.82) is 0 Å². The predicted octanol–water partition coefficient (Wildman–Crippen LogP) is 1.21. The lowest BCUT2D eigenvalue weighted by molar-refractivity contribution is 0.359. The first kappa shape index (κ1) is 18.3. The number of hydrogen-bond donors (Lipinski definition) is 2. The molecule has 0 radical (unpaired) electrons. The fraction of sp³-hybridized carbons (Fsp3) is 0.692. The molecule has 1 rings (SSSR count). The summed E-state index contributed by atoms with van der Waals surface area (Å²) >= 11 is 0. The maximum absolute atomic E-state index is 12.0. The van der Waals surface area contributed by atoms with Crippen LogP contribution < -0.4 is 10.0 Å². The molecule has 0 saturated carbocycles. The summed E-state index contributed by atoms with van der Waals surface area (Å²) < 4.78 is 43.0. The van der Waals surface area contributed by atoms with Gasteiger partial charge in [0, 0.05) is 34.4 Å². The van der Waals surface area contributed by atoms with Crippen LogP contribution in [0.5, 0.6) is 0 Å². The van der Waals surface area contributed by atoms with E-state index in [1.54, 1.807) is 13.0 Å². The van der Waals surface area contributed by atoms with E-state index < -0.39 is 20.8 Å². The van der Waals surface area contributed by atoms with Crippen LogP contribution in [0.1, 0.15) is 33.5 Å². The van der Waals surface area contributed by atoms with Crippen LogP contribution in [0.2, 0.25) is 0 Å². The van der Waals surface area contributed by atoms with Gasteiger partial charge in [0.05, 0.1) is 6.54 Å². The lowest BCUT2D eigenvalue weighted by Crippen LogP contribution is -2.34. The number of hydrogen-bond acceptors (Lipinski definition) is 5. The van der Waals surface area contributed by atoms with Crippen molar-refractivity contribution in [3.63, 3.8) is 0 Å². The second-order valence-electron chi connectivity index (χ2n) is 5.65. The van der Waals surface area contributed by atoms with E-state index in [0.717, 1.165) is 0 Å². The molecular weight excluding hydrogens is 312 g/mol. The highest BCUT2D eigenvalue weighted by Gasteiger charge is 2.19. The zero-order valence-electron chi connectivity index (χ0n) is 12.9. The van der Waals surface area contributed by atoms with E-state index >= 15 is 0 Å². The van der Waals surface area contributed by atoms with Crippen molar-refractivity contribution in [2.45, 2.75) is 44.9 Å². The Balaban J connectivity index is 2.60. The van der Waals surface area contributed by atoms with Crippen molar-refractivity contribution in [2.24, 2.45) is 0 Å². The van der Waals surface area contributed by atoms with E-state index in [1.165, 1.54) is 6.07 Å². The molecule has 21 heavy (non-hydrogen) atoms. The van der Waals surface area contributed by atoms with Gasteiger partial charge in [-0.2, -0.15) is 0 Å². The minimum Gasteiger partial charge on any atom is -0.447 e. The molecule has 0 aliphatic heterocycles. The molecule has 1 aromatic rings. The zero-order chi connectivity index (χ0) is 16.1. The second-order valence-corrected chi connectivity index (χ2v) is 9.22. The van der Waals surface area contributed by atoms with E-state index in [2.05, 4.69) is 10.0 Å². The van der Waals surface area contributed by atoms with Gasteiger partial charge in [0.25, 0.3) is 10.0 Å². The van der Waals surface area contributed by atoms with Gasteiger partial charge in [-0.25, -0.2) is 13.1 Å². The minimum absolute atomic E-state index is 0.0751. The average Bonchev–Trinajstić information content (AvgIpc) is 2.84. The molecule has 0 spiro atoms. The summed E-state index contributed by atoms with van der Waals surface area (Å²) in [6.07, 6.45) is 0. The third-order valence-electron chi connectivity index (χ3n) is 2.64. The van der Waals surface area contributed by atoms with Gasteiger partial charge in [0.2, 0.25) is 5.09 Å². The Kier molecular flexibility index (Phi) is 6.58. The maximum Gasteiger partial charge on any atom is 0.273 e. The first-order chi connectivity index (χ1) is 9.64. The van der Waals surface area contributed by atoms with Crippen LogP contribution in [-0.2, 0) is 27.4 Å². The SMILES string of the molecule is CCS(=O)CCNS(=O)(=O)c1ccc(CNC(C)(C)C)o1. The van der Waals surface area contributed by atoms with Crippen LogP contribution >= 0.6 is 0 Å². The zero-order valence-corrected chi connectivity index (χ0v) is 14.6. The summed E-state index contributed by atoms with van der Waals surface area (Å²) in [6, 6.07) is 3.07. The molecule has 2 N–H and O–H groups in total.